The van der Waals surface area contributed by atoms with E-state index in [0.717, 1.165) is 16.7 Å². The fourth-order valence-electron chi connectivity index (χ4n) is 3.16. The number of carbonyl (C=O) groups excluding carboxylic acids is 1. The maximum absolute atomic E-state index is 13.7. The summed E-state index contributed by atoms with van der Waals surface area (Å²) in [5, 5.41) is 9.53. The average Bonchev–Trinajstić information content (AvgIpc) is 3.04. The van der Waals surface area contributed by atoms with Gasteiger partial charge in [0.15, 0.2) is 4.80 Å². The molecule has 0 saturated carbocycles. The Balaban J connectivity index is 2.31. The van der Waals surface area contributed by atoms with Crippen LogP contribution in [0.1, 0.15) is 40.9 Å². The lowest BCUT2D eigenvalue weighted by atomic mass is 10.1. The van der Waals surface area contributed by atoms with E-state index < -0.39 is 62.3 Å². The summed E-state index contributed by atoms with van der Waals surface area (Å²) in [4.78, 5) is 27.4. The molecule has 33 heavy (non-hydrogen) atoms. The molecule has 0 fully saturated rings. The summed E-state index contributed by atoms with van der Waals surface area (Å²) in [6.07, 6.45) is -9.87. The Morgan fingerprint density at radius 2 is 1.76 bits per heavy atom. The van der Waals surface area contributed by atoms with E-state index in [9.17, 15) is 45.4 Å². The topological polar surface area (TPSA) is 71.7 Å². The number of carboxylic acids is 1. The molecule has 0 radical (unpaired) electrons. The molecule has 1 heterocycles. The molecule has 3 rings (SSSR count). The summed E-state index contributed by atoms with van der Waals surface area (Å²) >= 11 is 0.352. The van der Waals surface area contributed by atoms with Crippen LogP contribution in [0, 0.1) is 5.82 Å². The summed E-state index contributed by atoms with van der Waals surface area (Å²) in [5.74, 6) is -4.17. The Labute approximate surface area is 184 Å². The maximum Gasteiger partial charge on any atom is 0.417 e. The number of halogens is 7. The van der Waals surface area contributed by atoms with Crippen molar-refractivity contribution in [2.45, 2.75) is 31.7 Å². The summed E-state index contributed by atoms with van der Waals surface area (Å²) in [7, 11) is 0. The zero-order chi connectivity index (χ0) is 24.7. The van der Waals surface area contributed by atoms with Crippen molar-refractivity contribution in [3.8, 4) is 0 Å². The van der Waals surface area contributed by atoms with Crippen LogP contribution in [0.2, 0.25) is 0 Å². The van der Waals surface area contributed by atoms with E-state index in [1.54, 1.807) is 0 Å². The SMILES string of the molecule is CCC(C(=O)O)n1c(=NC(=O)c2cc(F)cc(C(F)(F)F)c2)sc2c(C(F)(F)F)cccc21. The van der Waals surface area contributed by atoms with Gasteiger partial charge in [-0.3, -0.25) is 4.79 Å². The fourth-order valence-corrected chi connectivity index (χ4v) is 4.36. The number of benzene rings is 2. The molecule has 0 aliphatic rings. The van der Waals surface area contributed by atoms with E-state index in [1.165, 1.54) is 13.0 Å². The zero-order valence-electron chi connectivity index (χ0n) is 16.5. The van der Waals surface area contributed by atoms with E-state index in [-0.39, 0.29) is 18.0 Å². The predicted molar refractivity (Wildman–Crippen MR) is 103 cm³/mol. The van der Waals surface area contributed by atoms with Crippen molar-refractivity contribution in [1.82, 2.24) is 4.57 Å². The quantitative estimate of drug-likeness (QED) is 0.476. The second-order valence-corrected chi connectivity index (χ2v) is 7.79. The van der Waals surface area contributed by atoms with Crippen LogP contribution in [0.4, 0.5) is 30.7 Å². The lowest BCUT2D eigenvalue weighted by Crippen LogP contribution is -2.27. The van der Waals surface area contributed by atoms with Crippen LogP contribution in [-0.2, 0) is 17.1 Å². The first-order valence-corrected chi connectivity index (χ1v) is 9.96. The number of alkyl halides is 6. The van der Waals surface area contributed by atoms with E-state index >= 15 is 0 Å². The van der Waals surface area contributed by atoms with Gasteiger partial charge in [-0.15, -0.1) is 0 Å². The fraction of sp³-hybridized carbons (Fsp3) is 0.250. The molecule has 3 aromatic rings. The number of carboxylic acid groups (broad SMARTS) is 1. The van der Waals surface area contributed by atoms with E-state index in [1.807, 2.05) is 0 Å². The highest BCUT2D eigenvalue weighted by molar-refractivity contribution is 7.16. The van der Waals surface area contributed by atoms with Gasteiger partial charge in [0.2, 0.25) is 0 Å². The second kappa shape index (κ2) is 8.61. The third-order valence-corrected chi connectivity index (χ3v) is 5.72. The minimum Gasteiger partial charge on any atom is -0.480 e. The van der Waals surface area contributed by atoms with Crippen molar-refractivity contribution in [3.63, 3.8) is 0 Å². The summed E-state index contributed by atoms with van der Waals surface area (Å²) in [6.45, 7) is 1.44. The maximum atomic E-state index is 13.7. The van der Waals surface area contributed by atoms with Gasteiger partial charge in [-0.2, -0.15) is 31.3 Å². The summed E-state index contributed by atoms with van der Waals surface area (Å²) in [5.41, 5.74) is -3.53. The van der Waals surface area contributed by atoms with Gasteiger partial charge >= 0.3 is 18.3 Å². The van der Waals surface area contributed by atoms with Crippen molar-refractivity contribution in [2.75, 3.05) is 0 Å². The Morgan fingerprint density at radius 3 is 2.30 bits per heavy atom. The van der Waals surface area contributed by atoms with Gasteiger partial charge in [-0.05, 0) is 36.8 Å². The van der Waals surface area contributed by atoms with Crippen molar-refractivity contribution >= 4 is 33.4 Å². The first kappa shape index (κ1) is 24.4. The first-order chi connectivity index (χ1) is 15.2. The molecule has 1 aromatic heterocycles. The van der Waals surface area contributed by atoms with Crippen LogP contribution in [0.3, 0.4) is 0 Å². The lowest BCUT2D eigenvalue weighted by molar-refractivity contribution is -0.141. The molecule has 1 amide bonds. The van der Waals surface area contributed by atoms with Crippen LogP contribution < -0.4 is 4.80 Å². The minimum atomic E-state index is -4.97. The molecule has 0 aliphatic heterocycles. The Morgan fingerprint density at radius 1 is 1.09 bits per heavy atom. The number of hydrogen-bond donors (Lipinski definition) is 1. The van der Waals surface area contributed by atoms with Crippen molar-refractivity contribution < 1.29 is 45.4 Å². The molecule has 1 unspecified atom stereocenters. The van der Waals surface area contributed by atoms with Crippen LogP contribution in [-0.4, -0.2) is 21.6 Å². The molecule has 0 aliphatic carbocycles. The lowest BCUT2D eigenvalue weighted by Gasteiger charge is -2.14. The predicted octanol–water partition coefficient (Wildman–Crippen LogP) is 5.66. The molecule has 2 aromatic carbocycles. The number of fused-ring (bicyclic) bond motifs is 1. The van der Waals surface area contributed by atoms with E-state index in [2.05, 4.69) is 4.99 Å². The smallest absolute Gasteiger partial charge is 0.417 e. The van der Waals surface area contributed by atoms with Gasteiger partial charge in [0.1, 0.15) is 11.9 Å². The van der Waals surface area contributed by atoms with Crippen LogP contribution in [0.5, 0.6) is 0 Å². The van der Waals surface area contributed by atoms with Gasteiger partial charge < -0.3 is 9.67 Å². The van der Waals surface area contributed by atoms with E-state index in [4.69, 9.17) is 0 Å². The molecule has 0 saturated heterocycles. The third-order valence-electron chi connectivity index (χ3n) is 4.61. The van der Waals surface area contributed by atoms with Crippen molar-refractivity contribution in [2.24, 2.45) is 4.99 Å². The van der Waals surface area contributed by atoms with Gasteiger partial charge in [0.25, 0.3) is 5.91 Å². The molecular formula is C20H13F7N2O3S. The van der Waals surface area contributed by atoms with Crippen LogP contribution >= 0.6 is 11.3 Å². The number of aliphatic carboxylic acids is 1. The monoisotopic (exact) mass is 494 g/mol. The number of carbonyl (C=O) groups is 2. The molecule has 5 nitrogen and oxygen atoms in total. The Hall–Kier alpha value is -3.22. The van der Waals surface area contributed by atoms with Crippen molar-refractivity contribution in [3.05, 3.63) is 63.7 Å². The third kappa shape index (κ3) is 4.92. The van der Waals surface area contributed by atoms with Gasteiger partial charge in [-0.25, -0.2) is 9.18 Å². The number of hydrogen-bond acceptors (Lipinski definition) is 3. The molecule has 0 spiro atoms. The highest BCUT2D eigenvalue weighted by Gasteiger charge is 2.35. The normalized spacial score (nSPS) is 14.0. The van der Waals surface area contributed by atoms with Crippen LogP contribution in [0.15, 0.2) is 41.4 Å². The number of rotatable bonds is 4. The summed E-state index contributed by atoms with van der Waals surface area (Å²) < 4.78 is 93.4. The molecule has 1 atom stereocenters. The van der Waals surface area contributed by atoms with Crippen molar-refractivity contribution in [1.29, 1.82) is 0 Å². The summed E-state index contributed by atoms with van der Waals surface area (Å²) in [6, 6.07) is 2.61. The van der Waals surface area contributed by atoms with Gasteiger partial charge in [-0.1, -0.05) is 24.3 Å². The standard InChI is InChI=1S/C20H13F7N2O3S/c1-2-13(17(31)32)29-14-5-3-4-12(20(25,26)27)15(14)33-18(29)28-16(30)9-6-10(19(22,23)24)8-11(21)7-9/h3-8,13H,2H2,1H3,(H,31,32). The second-order valence-electron chi connectivity index (χ2n) is 6.81. The molecule has 176 valence electrons. The zero-order valence-corrected chi connectivity index (χ0v) is 17.3. The number of amides is 1. The first-order valence-electron chi connectivity index (χ1n) is 9.15. The number of nitrogens with zero attached hydrogens (tertiary/aromatic N) is 2. The molecule has 0 bridgehead atoms. The number of aromatic nitrogens is 1. The van der Waals surface area contributed by atoms with E-state index in [0.29, 0.717) is 23.5 Å². The van der Waals surface area contributed by atoms with Gasteiger partial charge in [0.05, 0.1) is 21.3 Å². The van der Waals surface area contributed by atoms with Crippen LogP contribution in [0.25, 0.3) is 10.2 Å². The largest absolute Gasteiger partial charge is 0.480 e. The highest BCUT2D eigenvalue weighted by Crippen LogP contribution is 2.37. The average molecular weight is 494 g/mol. The highest BCUT2D eigenvalue weighted by atomic mass is 32.1. The minimum absolute atomic E-state index is 0.100. The molecule has 13 heteroatoms. The Bertz CT molecular complexity index is 1310. The number of thiazole rings is 1. The van der Waals surface area contributed by atoms with Gasteiger partial charge in [0, 0.05) is 5.56 Å². The molecular weight excluding hydrogens is 481 g/mol. The Kier molecular flexibility index (Phi) is 6.37. The molecule has 1 N–H and O–H groups in total.